The van der Waals surface area contributed by atoms with Crippen molar-refractivity contribution >= 4 is 0 Å². The van der Waals surface area contributed by atoms with E-state index in [0.717, 1.165) is 0 Å². The molecule has 0 aliphatic carbocycles. The van der Waals surface area contributed by atoms with E-state index in [0.29, 0.717) is 310 Å². The van der Waals surface area contributed by atoms with Gasteiger partial charge >= 0.3 is 0 Å². The second kappa shape index (κ2) is 72.3. The summed E-state index contributed by atoms with van der Waals surface area (Å²) in [5.41, 5.74) is 8.17. The maximum Gasteiger partial charge on any atom is 0.0701 e. The lowest BCUT2D eigenvalue weighted by Crippen LogP contribution is -2.16. The van der Waals surface area contributed by atoms with Crippen LogP contribution < -0.4 is 0 Å². The summed E-state index contributed by atoms with van der Waals surface area (Å²) in [6.07, 6.45) is 0. The number of aliphatic hydroxyl groups is 1. The van der Waals surface area contributed by atoms with Gasteiger partial charge in [-0.3, -0.25) is 0 Å². The van der Waals surface area contributed by atoms with Crippen LogP contribution in [0, 0.1) is 0 Å². The molecule has 0 aromatic heterocycles. The van der Waals surface area contributed by atoms with Crippen LogP contribution >= 0.6 is 0 Å². The molecule has 0 rings (SSSR count). The fraction of sp³-hybridized carbons (Fsp3) is 1.00. The van der Waals surface area contributed by atoms with Crippen molar-refractivity contribution in [3.63, 3.8) is 0 Å². The molecule has 0 atom stereocenters. The van der Waals surface area contributed by atoms with Gasteiger partial charge in [0.15, 0.2) is 0 Å². The van der Waals surface area contributed by atoms with Gasteiger partial charge in [-0.1, -0.05) is 5.11 Å². The Bertz CT molecular complexity index is 1070. The lowest BCUT2D eigenvalue weighted by atomic mass is 10.6. The second-order valence-corrected chi connectivity index (χ2v) is 14.8. The molecule has 75 heavy (non-hydrogen) atoms. The summed E-state index contributed by atoms with van der Waals surface area (Å²) in [7, 11) is 0. The molecule has 0 aliphatic rings. The smallest absolute Gasteiger partial charge is 0.0701 e. The van der Waals surface area contributed by atoms with Crippen molar-refractivity contribution in [3.05, 3.63) is 10.4 Å². The van der Waals surface area contributed by atoms with Crippen LogP contribution in [0.4, 0.5) is 0 Å². The Morgan fingerprint density at radius 2 is 0.293 bits per heavy atom. The van der Waals surface area contributed by atoms with Gasteiger partial charge in [0, 0.05) is 11.5 Å². The highest BCUT2D eigenvalue weighted by Crippen LogP contribution is 1.91. The van der Waals surface area contributed by atoms with E-state index in [1.165, 1.54) is 0 Å². The van der Waals surface area contributed by atoms with Gasteiger partial charge in [0.1, 0.15) is 0 Å². The molecule has 27 heteroatoms. The average molecular weight is 1100 g/mol. The Hall–Kier alpha value is -1.65. The van der Waals surface area contributed by atoms with Gasteiger partial charge in [0.25, 0.3) is 0 Å². The molecule has 0 unspecified atom stereocenters. The third-order valence-electron chi connectivity index (χ3n) is 8.82. The van der Waals surface area contributed by atoms with E-state index in [1.807, 2.05) is 0 Å². The summed E-state index contributed by atoms with van der Waals surface area (Å²) in [6.45, 7) is 22.3. The van der Waals surface area contributed by atoms with Crippen LogP contribution in [0.3, 0.4) is 0 Å². The van der Waals surface area contributed by atoms with Gasteiger partial charge in [0.2, 0.25) is 0 Å². The summed E-state index contributed by atoms with van der Waals surface area (Å²) in [5, 5.41) is 12.0. The predicted octanol–water partition coefficient (Wildman–Crippen LogP) is 0.671. The van der Waals surface area contributed by atoms with Crippen LogP contribution in [-0.4, -0.2) is 322 Å². The van der Waals surface area contributed by atoms with Crippen LogP contribution in [0.5, 0.6) is 0 Å². The van der Waals surface area contributed by atoms with Crippen molar-refractivity contribution in [2.24, 2.45) is 5.11 Å². The Balaban J connectivity index is 3.08. The first-order valence-electron chi connectivity index (χ1n) is 26.3. The summed E-state index contributed by atoms with van der Waals surface area (Å²) in [6, 6.07) is 0. The molecular weight excluding hydrogens is 1000 g/mol. The molecule has 0 fully saturated rings. The molecule has 1 N–H and O–H groups in total. The maximum absolute atomic E-state index is 8.61. The van der Waals surface area contributed by atoms with E-state index in [9.17, 15) is 0 Å². The molecule has 0 saturated carbocycles. The van der Waals surface area contributed by atoms with E-state index in [1.54, 1.807) is 0 Å². The van der Waals surface area contributed by atoms with E-state index in [2.05, 4.69) is 10.0 Å². The van der Waals surface area contributed by atoms with Gasteiger partial charge in [0.05, 0.1) is 311 Å². The Labute approximate surface area is 445 Å². The van der Waals surface area contributed by atoms with E-state index >= 15 is 0 Å². The first kappa shape index (κ1) is 73.3. The first-order chi connectivity index (χ1) is 37.4. The van der Waals surface area contributed by atoms with Crippen molar-refractivity contribution in [1.82, 2.24) is 0 Å². The summed E-state index contributed by atoms with van der Waals surface area (Å²) >= 11 is 0. The van der Waals surface area contributed by atoms with Crippen molar-refractivity contribution in [1.29, 1.82) is 0 Å². The molecule has 27 nitrogen and oxygen atoms in total. The van der Waals surface area contributed by atoms with Crippen LogP contribution in [0.1, 0.15) is 0 Å². The second-order valence-electron chi connectivity index (χ2n) is 14.8. The minimum atomic E-state index is 0.0175. The molecule has 0 spiro atoms. The van der Waals surface area contributed by atoms with Crippen molar-refractivity contribution in [2.75, 3.05) is 317 Å². The number of nitrogens with zero attached hydrogens (tertiary/aromatic N) is 3. The van der Waals surface area contributed by atoms with Crippen molar-refractivity contribution in [3.8, 4) is 0 Å². The van der Waals surface area contributed by atoms with Gasteiger partial charge in [-0.25, -0.2) is 0 Å². The van der Waals surface area contributed by atoms with Crippen LogP contribution in [-0.2, 0) is 109 Å². The third-order valence-corrected chi connectivity index (χ3v) is 8.82. The topological polar surface area (TPSA) is 281 Å². The monoisotopic (exact) mass is 1100 g/mol. The van der Waals surface area contributed by atoms with E-state index < -0.39 is 0 Å². The molecule has 0 heterocycles. The molecule has 0 radical (unpaired) electrons. The predicted molar refractivity (Wildman–Crippen MR) is 270 cm³/mol. The lowest BCUT2D eigenvalue weighted by Gasteiger charge is -2.09. The summed E-state index contributed by atoms with van der Waals surface area (Å²) in [4.78, 5) is 2.65. The molecule has 0 aromatic rings. The number of hydrogen-bond donors (Lipinski definition) is 1. The van der Waals surface area contributed by atoms with Crippen LogP contribution in [0.2, 0.25) is 0 Å². The van der Waals surface area contributed by atoms with Crippen LogP contribution in [0.15, 0.2) is 5.11 Å². The van der Waals surface area contributed by atoms with E-state index in [4.69, 9.17) is 120 Å². The number of aliphatic hydroxyl groups excluding tert-OH is 1. The number of azide groups is 1. The fourth-order valence-electron chi connectivity index (χ4n) is 5.15. The molecule has 0 saturated heterocycles. The number of rotatable bonds is 71. The van der Waals surface area contributed by atoms with Crippen molar-refractivity contribution in [2.45, 2.75) is 0 Å². The Kier molecular flexibility index (Phi) is 70.8. The minimum absolute atomic E-state index is 0.0175. The minimum Gasteiger partial charge on any atom is -0.394 e. The Morgan fingerprint density at radius 3 is 0.400 bits per heavy atom. The van der Waals surface area contributed by atoms with Crippen LogP contribution in [0.25, 0.3) is 10.4 Å². The van der Waals surface area contributed by atoms with Gasteiger partial charge in [-0.15, -0.1) is 0 Å². The average Bonchev–Trinajstić information content (AvgIpc) is 3.42. The van der Waals surface area contributed by atoms with Gasteiger partial charge in [-0.05, 0) is 5.53 Å². The lowest BCUT2D eigenvalue weighted by molar-refractivity contribution is -0.0319. The summed E-state index contributed by atoms with van der Waals surface area (Å²) in [5.74, 6) is 0. The van der Waals surface area contributed by atoms with Gasteiger partial charge < -0.3 is 114 Å². The normalized spacial score (nSPS) is 11.6. The highest BCUT2D eigenvalue weighted by Gasteiger charge is 2.00. The first-order valence-corrected chi connectivity index (χ1v) is 26.3. The molecule has 448 valence electrons. The zero-order valence-electron chi connectivity index (χ0n) is 45.1. The summed E-state index contributed by atoms with van der Waals surface area (Å²) < 4.78 is 125. The maximum atomic E-state index is 8.61. The number of hydrogen-bond acceptors (Lipinski definition) is 25. The largest absolute Gasteiger partial charge is 0.394 e. The quantitative estimate of drug-likeness (QED) is 0.0379. The molecule has 0 aromatic carbocycles. The van der Waals surface area contributed by atoms with Gasteiger partial charge in [-0.2, -0.15) is 0 Å². The Morgan fingerprint density at radius 1 is 0.187 bits per heavy atom. The zero-order chi connectivity index (χ0) is 53.6. The third kappa shape index (κ3) is 72.3. The molecule has 0 bridgehead atoms. The fourth-order valence-corrected chi connectivity index (χ4v) is 5.15. The highest BCUT2D eigenvalue weighted by molar-refractivity contribution is 4.45. The molecule has 0 amide bonds. The van der Waals surface area contributed by atoms with E-state index in [-0.39, 0.29) is 6.61 Å². The number of ether oxygens (including phenoxy) is 23. The zero-order valence-corrected chi connectivity index (χ0v) is 45.1. The standard InChI is InChI=1S/C48H97N3O24/c49-51-50-1-3-53-5-7-55-9-11-57-13-15-59-17-19-61-21-23-63-25-27-65-29-31-67-33-35-69-37-39-71-41-43-73-45-47-75-48-46-74-44-42-72-40-38-70-36-34-68-32-30-66-28-26-64-24-22-62-20-18-60-16-14-58-12-10-56-8-6-54-4-2-52/h52H,1-48H2. The highest BCUT2D eigenvalue weighted by atomic mass is 16.6. The molecule has 0 aliphatic heterocycles. The van der Waals surface area contributed by atoms with Crippen molar-refractivity contribution < 1.29 is 114 Å². The molecular formula is C48H97N3O24. The SMILES string of the molecule is [N-]=[N+]=NCCOCCOCCOCCOCCOCCOCCOCCOCCOCCOCCOCCOCCOCCOCCOCCOCCOCCOCCOCCOCCOCCOCCOCCO.